The molecule has 0 spiro atoms. The Balaban J connectivity index is 2.11. The molecule has 0 aliphatic carbocycles. The molecule has 5 nitrogen and oxygen atoms in total. The summed E-state index contributed by atoms with van der Waals surface area (Å²) in [5, 5.41) is 0. The zero-order valence-electron chi connectivity index (χ0n) is 10.6. The maximum atomic E-state index is 14.0. The number of hydrogen-bond acceptors (Lipinski definition) is 4. The average molecular weight is 275 g/mol. The zero-order valence-corrected chi connectivity index (χ0v) is 10.6. The topological polar surface area (TPSA) is 69.6 Å². The van der Waals surface area contributed by atoms with Gasteiger partial charge in [-0.3, -0.25) is 0 Å². The quantitative estimate of drug-likeness (QED) is 0.777. The van der Waals surface area contributed by atoms with Gasteiger partial charge in [0.1, 0.15) is 23.5 Å². The van der Waals surface area contributed by atoms with E-state index in [1.54, 1.807) is 6.92 Å². The number of nitrogen functional groups attached to an aromatic ring is 1. The van der Waals surface area contributed by atoms with Gasteiger partial charge < -0.3 is 10.3 Å². The highest BCUT2D eigenvalue weighted by Gasteiger charge is 2.14. The van der Waals surface area contributed by atoms with Crippen molar-refractivity contribution in [3.63, 3.8) is 0 Å². The molecule has 0 bridgehead atoms. The summed E-state index contributed by atoms with van der Waals surface area (Å²) in [7, 11) is 0. The first-order valence-corrected chi connectivity index (χ1v) is 5.92. The Hall–Kier alpha value is -2.57. The van der Waals surface area contributed by atoms with E-state index in [9.17, 15) is 8.78 Å². The molecule has 0 radical (unpaired) electrons. The lowest BCUT2D eigenvalue weighted by molar-refractivity contribution is 0.541. The molecule has 0 atom stereocenters. The molecule has 2 heterocycles. The highest BCUT2D eigenvalue weighted by molar-refractivity contribution is 5.81. The number of imidazole rings is 1. The van der Waals surface area contributed by atoms with Gasteiger partial charge in [-0.2, -0.15) is 0 Å². The average Bonchev–Trinajstić information content (AvgIpc) is 2.84. The number of rotatable bonds is 2. The normalized spacial score (nSPS) is 11.2. The zero-order chi connectivity index (χ0) is 14.3. The molecule has 0 aliphatic rings. The van der Waals surface area contributed by atoms with Gasteiger partial charge in [-0.15, -0.1) is 0 Å². The van der Waals surface area contributed by atoms with E-state index in [4.69, 9.17) is 5.73 Å². The summed E-state index contributed by atoms with van der Waals surface area (Å²) in [6.07, 6.45) is 2.73. The lowest BCUT2D eigenvalue weighted by Crippen LogP contribution is -2.06. The Morgan fingerprint density at radius 3 is 2.80 bits per heavy atom. The van der Waals surface area contributed by atoms with Crippen LogP contribution in [0.2, 0.25) is 0 Å². The van der Waals surface area contributed by atoms with Crippen molar-refractivity contribution < 1.29 is 8.78 Å². The second-order valence-electron chi connectivity index (χ2n) is 4.46. The molecule has 0 amide bonds. The summed E-state index contributed by atoms with van der Waals surface area (Å²) in [6, 6.07) is 2.65. The third-order valence-corrected chi connectivity index (χ3v) is 3.14. The Kier molecular flexibility index (Phi) is 2.81. The van der Waals surface area contributed by atoms with Crippen LogP contribution in [0.1, 0.15) is 11.1 Å². The Bertz CT molecular complexity index is 797. The molecule has 0 saturated heterocycles. The van der Waals surface area contributed by atoms with Crippen LogP contribution in [-0.4, -0.2) is 19.5 Å². The van der Waals surface area contributed by atoms with E-state index in [1.807, 2.05) is 0 Å². The van der Waals surface area contributed by atoms with Crippen molar-refractivity contribution in [1.29, 1.82) is 0 Å². The predicted octanol–water partition coefficient (Wildman–Crippen LogP) is 2.04. The molecule has 1 aromatic carbocycles. The number of aryl methyl sites for hydroxylation is 1. The van der Waals surface area contributed by atoms with Gasteiger partial charge in [0, 0.05) is 5.56 Å². The van der Waals surface area contributed by atoms with Gasteiger partial charge in [0.15, 0.2) is 11.5 Å². The number of benzene rings is 1. The number of fused-ring (bicyclic) bond motifs is 1. The number of nitrogens with zero attached hydrogens (tertiary/aromatic N) is 4. The van der Waals surface area contributed by atoms with Crippen LogP contribution in [0.5, 0.6) is 0 Å². The standard InChI is InChI=1S/C13H11F2N5/c1-7-2-3-9(14)8(10(7)15)4-20-6-19-11-12(16)17-5-18-13(11)20/h2-3,5-6H,4H2,1H3,(H2,16,17,18). The molecule has 2 aromatic heterocycles. The number of hydrogen-bond donors (Lipinski definition) is 1. The number of anilines is 1. The largest absolute Gasteiger partial charge is 0.382 e. The van der Waals surface area contributed by atoms with Crippen molar-refractivity contribution in [2.45, 2.75) is 13.5 Å². The van der Waals surface area contributed by atoms with Gasteiger partial charge in [0.25, 0.3) is 0 Å². The highest BCUT2D eigenvalue weighted by atomic mass is 19.1. The molecule has 0 aliphatic heterocycles. The first-order valence-electron chi connectivity index (χ1n) is 5.92. The smallest absolute Gasteiger partial charge is 0.165 e. The summed E-state index contributed by atoms with van der Waals surface area (Å²) in [4.78, 5) is 11.9. The van der Waals surface area contributed by atoms with Crippen LogP contribution in [-0.2, 0) is 6.54 Å². The van der Waals surface area contributed by atoms with Crippen molar-refractivity contribution in [3.8, 4) is 0 Å². The molecule has 2 N–H and O–H groups in total. The van der Waals surface area contributed by atoms with Crippen molar-refractivity contribution in [2.75, 3.05) is 5.73 Å². The van der Waals surface area contributed by atoms with E-state index < -0.39 is 11.6 Å². The first-order chi connectivity index (χ1) is 9.58. The van der Waals surface area contributed by atoms with Crippen LogP contribution in [0.3, 0.4) is 0 Å². The summed E-state index contributed by atoms with van der Waals surface area (Å²) in [5.74, 6) is -0.926. The van der Waals surface area contributed by atoms with E-state index >= 15 is 0 Å². The third kappa shape index (κ3) is 1.87. The summed E-state index contributed by atoms with van der Waals surface area (Å²) >= 11 is 0. The second kappa shape index (κ2) is 4.52. The molecule has 7 heteroatoms. The Labute approximate surface area is 113 Å². The molecular formula is C13H11F2N5. The maximum absolute atomic E-state index is 14.0. The van der Waals surface area contributed by atoms with Crippen LogP contribution >= 0.6 is 0 Å². The van der Waals surface area contributed by atoms with Gasteiger partial charge in [-0.05, 0) is 18.6 Å². The maximum Gasteiger partial charge on any atom is 0.165 e. The van der Waals surface area contributed by atoms with Crippen molar-refractivity contribution >= 4 is 17.0 Å². The Morgan fingerprint density at radius 2 is 2.00 bits per heavy atom. The van der Waals surface area contributed by atoms with E-state index in [-0.39, 0.29) is 17.9 Å². The third-order valence-electron chi connectivity index (χ3n) is 3.14. The molecule has 3 rings (SSSR count). The van der Waals surface area contributed by atoms with Gasteiger partial charge in [-0.1, -0.05) is 6.07 Å². The van der Waals surface area contributed by atoms with Gasteiger partial charge in [-0.25, -0.2) is 23.7 Å². The minimum absolute atomic E-state index is 0.00764. The van der Waals surface area contributed by atoms with Crippen molar-refractivity contribution in [1.82, 2.24) is 19.5 Å². The first kappa shape index (κ1) is 12.5. The van der Waals surface area contributed by atoms with Crippen LogP contribution in [0, 0.1) is 18.6 Å². The summed E-state index contributed by atoms with van der Waals surface area (Å²) in [5.41, 5.74) is 6.89. The molecular weight excluding hydrogens is 264 g/mol. The lowest BCUT2D eigenvalue weighted by Gasteiger charge is -2.08. The summed E-state index contributed by atoms with van der Waals surface area (Å²) < 4.78 is 29.3. The van der Waals surface area contributed by atoms with Crippen LogP contribution in [0.15, 0.2) is 24.8 Å². The van der Waals surface area contributed by atoms with Crippen LogP contribution in [0.4, 0.5) is 14.6 Å². The molecule has 3 aromatic rings. The number of aromatic nitrogens is 4. The van der Waals surface area contributed by atoms with Crippen LogP contribution in [0.25, 0.3) is 11.2 Å². The van der Waals surface area contributed by atoms with E-state index in [0.717, 1.165) is 0 Å². The van der Waals surface area contributed by atoms with Crippen LogP contribution < -0.4 is 5.73 Å². The minimum atomic E-state index is -0.600. The van der Waals surface area contributed by atoms with Crippen molar-refractivity contribution in [2.24, 2.45) is 0 Å². The fourth-order valence-electron chi connectivity index (χ4n) is 2.04. The molecule has 0 fully saturated rings. The molecule has 0 saturated carbocycles. The molecule has 0 unspecified atom stereocenters. The van der Waals surface area contributed by atoms with Gasteiger partial charge >= 0.3 is 0 Å². The minimum Gasteiger partial charge on any atom is -0.382 e. The number of nitrogens with two attached hydrogens (primary N) is 1. The lowest BCUT2D eigenvalue weighted by atomic mass is 10.1. The summed E-state index contributed by atoms with van der Waals surface area (Å²) in [6.45, 7) is 1.58. The van der Waals surface area contributed by atoms with Crippen molar-refractivity contribution in [3.05, 3.63) is 47.5 Å². The number of halogens is 2. The van der Waals surface area contributed by atoms with Gasteiger partial charge in [0.2, 0.25) is 0 Å². The van der Waals surface area contributed by atoms with E-state index in [2.05, 4.69) is 15.0 Å². The monoisotopic (exact) mass is 275 g/mol. The highest BCUT2D eigenvalue weighted by Crippen LogP contribution is 2.20. The van der Waals surface area contributed by atoms with Gasteiger partial charge in [0.05, 0.1) is 12.9 Å². The fraction of sp³-hybridized carbons (Fsp3) is 0.154. The predicted molar refractivity (Wildman–Crippen MR) is 69.9 cm³/mol. The fourth-order valence-corrected chi connectivity index (χ4v) is 2.04. The molecule has 102 valence electrons. The van der Waals surface area contributed by atoms with E-state index in [0.29, 0.717) is 16.7 Å². The SMILES string of the molecule is Cc1ccc(F)c(Cn2cnc3c(N)ncnc32)c1F. The Morgan fingerprint density at radius 1 is 1.20 bits per heavy atom. The molecule has 20 heavy (non-hydrogen) atoms. The second-order valence-corrected chi connectivity index (χ2v) is 4.46. The van der Waals surface area contributed by atoms with E-state index in [1.165, 1.54) is 29.4 Å².